The van der Waals surface area contributed by atoms with E-state index < -0.39 is 0 Å². The SMILES string of the molecule is CN(Cc1ccc(Br)o1)C(=O)Nc1nc2c(s1)CCCCC2. The molecule has 118 valence electrons. The fourth-order valence-electron chi connectivity index (χ4n) is 2.51. The molecule has 1 aliphatic carbocycles. The second-order valence-electron chi connectivity index (χ2n) is 5.44. The molecule has 0 radical (unpaired) electrons. The number of furan rings is 1. The summed E-state index contributed by atoms with van der Waals surface area (Å²) in [5, 5.41) is 3.59. The number of amides is 2. The Kier molecular flexibility index (Phi) is 4.83. The normalized spacial score (nSPS) is 14.3. The highest BCUT2D eigenvalue weighted by Gasteiger charge is 2.17. The number of anilines is 1. The van der Waals surface area contributed by atoms with Gasteiger partial charge in [0, 0.05) is 11.9 Å². The van der Waals surface area contributed by atoms with Crippen LogP contribution < -0.4 is 5.32 Å². The third-order valence-corrected chi connectivity index (χ3v) is 5.18. The Hall–Kier alpha value is -1.34. The molecule has 0 unspecified atom stereocenters. The van der Waals surface area contributed by atoms with Crippen molar-refractivity contribution in [1.82, 2.24) is 9.88 Å². The van der Waals surface area contributed by atoms with Gasteiger partial charge in [-0.3, -0.25) is 5.32 Å². The number of carbonyl (C=O) groups is 1. The van der Waals surface area contributed by atoms with E-state index in [0.717, 1.165) is 24.3 Å². The van der Waals surface area contributed by atoms with Gasteiger partial charge in [0.05, 0.1) is 12.2 Å². The Morgan fingerprint density at radius 3 is 3.00 bits per heavy atom. The molecule has 22 heavy (non-hydrogen) atoms. The summed E-state index contributed by atoms with van der Waals surface area (Å²) < 4.78 is 6.08. The van der Waals surface area contributed by atoms with Crippen LogP contribution in [0, 0.1) is 0 Å². The molecule has 0 saturated heterocycles. The lowest BCUT2D eigenvalue weighted by atomic mass is 10.2. The van der Waals surface area contributed by atoms with Crippen LogP contribution in [0.5, 0.6) is 0 Å². The van der Waals surface area contributed by atoms with E-state index in [9.17, 15) is 4.79 Å². The number of carbonyl (C=O) groups excluding carboxylic acids is 1. The maximum atomic E-state index is 12.2. The first-order valence-electron chi connectivity index (χ1n) is 7.37. The predicted octanol–water partition coefficient (Wildman–Crippen LogP) is 4.43. The largest absolute Gasteiger partial charge is 0.452 e. The molecule has 2 amide bonds. The van der Waals surface area contributed by atoms with Crippen molar-refractivity contribution < 1.29 is 9.21 Å². The molecule has 3 rings (SSSR count). The van der Waals surface area contributed by atoms with Crippen molar-refractivity contribution in [1.29, 1.82) is 0 Å². The van der Waals surface area contributed by atoms with Crippen LogP contribution >= 0.6 is 27.3 Å². The molecule has 5 nitrogen and oxygen atoms in total. The average molecular weight is 384 g/mol. The topological polar surface area (TPSA) is 58.4 Å². The number of hydrogen-bond acceptors (Lipinski definition) is 4. The number of fused-ring (bicyclic) bond motifs is 1. The lowest BCUT2D eigenvalue weighted by molar-refractivity contribution is 0.216. The van der Waals surface area contributed by atoms with Gasteiger partial charge < -0.3 is 9.32 Å². The molecule has 0 aromatic carbocycles. The van der Waals surface area contributed by atoms with Crippen LogP contribution in [0.1, 0.15) is 35.6 Å². The lowest BCUT2D eigenvalue weighted by Gasteiger charge is -2.15. The van der Waals surface area contributed by atoms with Gasteiger partial charge in [-0.2, -0.15) is 0 Å². The number of hydrogen-bond donors (Lipinski definition) is 1. The van der Waals surface area contributed by atoms with Crippen LogP contribution in [0.15, 0.2) is 21.2 Å². The zero-order valence-corrected chi connectivity index (χ0v) is 14.8. The first-order valence-corrected chi connectivity index (χ1v) is 8.97. The maximum Gasteiger partial charge on any atom is 0.323 e. The van der Waals surface area contributed by atoms with E-state index in [1.807, 2.05) is 12.1 Å². The second kappa shape index (κ2) is 6.83. The Balaban J connectivity index is 1.61. The smallest absolute Gasteiger partial charge is 0.323 e. The van der Waals surface area contributed by atoms with Gasteiger partial charge >= 0.3 is 6.03 Å². The van der Waals surface area contributed by atoms with Crippen molar-refractivity contribution in [3.63, 3.8) is 0 Å². The third kappa shape index (κ3) is 3.70. The summed E-state index contributed by atoms with van der Waals surface area (Å²) >= 11 is 4.86. The quantitative estimate of drug-likeness (QED) is 0.797. The van der Waals surface area contributed by atoms with Crippen molar-refractivity contribution in [2.45, 2.75) is 38.6 Å². The Morgan fingerprint density at radius 1 is 1.41 bits per heavy atom. The van der Waals surface area contributed by atoms with Gasteiger partial charge in [-0.15, -0.1) is 11.3 Å². The van der Waals surface area contributed by atoms with E-state index in [4.69, 9.17) is 4.42 Å². The molecule has 0 bridgehead atoms. The van der Waals surface area contributed by atoms with Gasteiger partial charge in [0.1, 0.15) is 5.76 Å². The maximum absolute atomic E-state index is 12.2. The molecule has 7 heteroatoms. The number of halogens is 1. The van der Waals surface area contributed by atoms with Gasteiger partial charge in [-0.05, 0) is 53.7 Å². The molecule has 0 saturated carbocycles. The minimum absolute atomic E-state index is 0.170. The van der Waals surface area contributed by atoms with Crippen molar-refractivity contribution in [2.24, 2.45) is 0 Å². The van der Waals surface area contributed by atoms with Gasteiger partial charge in [-0.25, -0.2) is 9.78 Å². The van der Waals surface area contributed by atoms with E-state index in [1.54, 1.807) is 23.3 Å². The van der Waals surface area contributed by atoms with Crippen LogP contribution in [0.25, 0.3) is 0 Å². The predicted molar refractivity (Wildman–Crippen MR) is 90.3 cm³/mol. The molecule has 0 spiro atoms. The van der Waals surface area contributed by atoms with Crippen LogP contribution in [-0.2, 0) is 19.4 Å². The summed E-state index contributed by atoms with van der Waals surface area (Å²) in [4.78, 5) is 19.7. The van der Waals surface area contributed by atoms with Gasteiger partial charge in [-0.1, -0.05) is 6.42 Å². The van der Waals surface area contributed by atoms with Crippen molar-refractivity contribution in [3.05, 3.63) is 33.1 Å². The van der Waals surface area contributed by atoms with E-state index in [-0.39, 0.29) is 6.03 Å². The zero-order valence-electron chi connectivity index (χ0n) is 12.4. The third-order valence-electron chi connectivity index (χ3n) is 3.68. The molecule has 0 atom stereocenters. The van der Waals surface area contributed by atoms with Crippen molar-refractivity contribution in [3.8, 4) is 0 Å². The number of rotatable bonds is 3. The molecular weight excluding hydrogens is 366 g/mol. The van der Waals surface area contributed by atoms with E-state index in [2.05, 4.69) is 26.2 Å². The Labute approximate surface area is 141 Å². The Bertz CT molecular complexity index is 644. The van der Waals surface area contributed by atoms with Crippen molar-refractivity contribution in [2.75, 3.05) is 12.4 Å². The molecular formula is C15H18BrN3O2S. The fourth-order valence-corrected chi connectivity index (χ4v) is 3.89. The molecule has 2 aromatic rings. The van der Waals surface area contributed by atoms with E-state index >= 15 is 0 Å². The summed E-state index contributed by atoms with van der Waals surface area (Å²) in [6.45, 7) is 0.419. The van der Waals surface area contributed by atoms with Crippen LogP contribution in [0.3, 0.4) is 0 Å². The minimum Gasteiger partial charge on any atom is -0.452 e. The standard InChI is InChI=1S/C15H18BrN3O2S/c1-19(9-10-7-8-13(16)21-10)15(20)18-14-17-11-5-3-2-4-6-12(11)22-14/h7-8H,2-6,9H2,1H3,(H,17,18,20). The summed E-state index contributed by atoms with van der Waals surface area (Å²) in [7, 11) is 1.74. The average Bonchev–Trinajstić information content (AvgIpc) is 2.99. The van der Waals surface area contributed by atoms with Crippen molar-refractivity contribution >= 4 is 38.4 Å². The molecule has 0 fully saturated rings. The van der Waals surface area contributed by atoms with Gasteiger partial charge in [0.15, 0.2) is 9.80 Å². The lowest BCUT2D eigenvalue weighted by Crippen LogP contribution is -2.30. The second-order valence-corrected chi connectivity index (χ2v) is 7.31. The van der Waals surface area contributed by atoms with Crippen LogP contribution in [-0.4, -0.2) is 23.0 Å². The highest BCUT2D eigenvalue weighted by molar-refractivity contribution is 9.10. The summed E-state index contributed by atoms with van der Waals surface area (Å²) in [6, 6.07) is 3.50. The molecule has 2 aromatic heterocycles. The van der Waals surface area contributed by atoms with E-state index in [0.29, 0.717) is 16.3 Å². The van der Waals surface area contributed by atoms with Crippen LogP contribution in [0.4, 0.5) is 9.93 Å². The number of thiazole rings is 1. The fraction of sp³-hybridized carbons (Fsp3) is 0.467. The number of nitrogens with one attached hydrogen (secondary N) is 1. The minimum atomic E-state index is -0.170. The molecule has 1 aliphatic rings. The van der Waals surface area contributed by atoms with Gasteiger partial charge in [0.25, 0.3) is 0 Å². The number of urea groups is 1. The van der Waals surface area contributed by atoms with Gasteiger partial charge in [0.2, 0.25) is 0 Å². The highest BCUT2D eigenvalue weighted by atomic mass is 79.9. The highest BCUT2D eigenvalue weighted by Crippen LogP contribution is 2.29. The monoisotopic (exact) mass is 383 g/mol. The van der Waals surface area contributed by atoms with Crippen LogP contribution in [0.2, 0.25) is 0 Å². The zero-order chi connectivity index (χ0) is 15.5. The summed E-state index contributed by atoms with van der Waals surface area (Å²) in [6.07, 6.45) is 5.79. The number of aryl methyl sites for hydroxylation is 2. The molecule has 1 N–H and O–H groups in total. The summed E-state index contributed by atoms with van der Waals surface area (Å²) in [5.41, 5.74) is 1.16. The molecule has 2 heterocycles. The number of nitrogens with zero attached hydrogens (tertiary/aromatic N) is 2. The Morgan fingerprint density at radius 2 is 2.23 bits per heavy atom. The molecule has 0 aliphatic heterocycles. The summed E-state index contributed by atoms with van der Waals surface area (Å²) in [5.74, 6) is 0.736. The first kappa shape index (κ1) is 15.6. The first-order chi connectivity index (χ1) is 10.6. The number of aromatic nitrogens is 1. The van der Waals surface area contributed by atoms with E-state index in [1.165, 1.54) is 24.1 Å².